The van der Waals surface area contributed by atoms with Crippen molar-refractivity contribution in [2.24, 2.45) is 0 Å². The summed E-state index contributed by atoms with van der Waals surface area (Å²) in [6, 6.07) is 2.15. The molecule has 5 nitrogen and oxygen atoms in total. The highest BCUT2D eigenvalue weighted by atomic mass is 19.1. The zero-order valence-corrected chi connectivity index (χ0v) is 9.40. The molecular weight excluding hydrogens is 223 g/mol. The first-order valence-electron chi connectivity index (χ1n) is 5.92. The van der Waals surface area contributed by atoms with E-state index in [1.54, 1.807) is 12.3 Å². The molecule has 1 aliphatic carbocycles. The van der Waals surface area contributed by atoms with Crippen LogP contribution < -0.4 is 15.4 Å². The van der Waals surface area contributed by atoms with E-state index in [1.807, 2.05) is 0 Å². The topological polar surface area (TPSA) is 59.1 Å². The van der Waals surface area contributed by atoms with Gasteiger partial charge >= 0.3 is 0 Å². The lowest BCUT2D eigenvalue weighted by atomic mass is 10.3. The Morgan fingerprint density at radius 2 is 2.29 bits per heavy atom. The Morgan fingerprint density at radius 3 is 3.00 bits per heavy atom. The van der Waals surface area contributed by atoms with E-state index in [1.165, 1.54) is 0 Å². The summed E-state index contributed by atoms with van der Waals surface area (Å²) in [4.78, 5) is 8.31. The number of halogens is 1. The van der Waals surface area contributed by atoms with Crippen LogP contribution in [0.2, 0.25) is 0 Å². The molecule has 0 bridgehead atoms. The maximum absolute atomic E-state index is 13.3. The molecule has 0 radical (unpaired) electrons. The summed E-state index contributed by atoms with van der Waals surface area (Å²) in [5.41, 5.74) is 0. The van der Waals surface area contributed by atoms with Crippen molar-refractivity contribution in [3.63, 3.8) is 0 Å². The van der Waals surface area contributed by atoms with E-state index in [2.05, 4.69) is 20.6 Å². The van der Waals surface area contributed by atoms with Crippen LogP contribution in [0.4, 0.5) is 10.3 Å². The van der Waals surface area contributed by atoms with Crippen LogP contribution in [0, 0.1) is 0 Å². The van der Waals surface area contributed by atoms with Crippen LogP contribution in [0.25, 0.3) is 0 Å². The minimum absolute atomic E-state index is 0.350. The molecule has 0 amide bonds. The molecule has 6 heteroatoms. The lowest BCUT2D eigenvalue weighted by molar-refractivity contribution is 0.134. The van der Waals surface area contributed by atoms with Crippen molar-refractivity contribution in [3.05, 3.63) is 12.3 Å². The van der Waals surface area contributed by atoms with Crippen molar-refractivity contribution in [3.8, 4) is 5.88 Å². The van der Waals surface area contributed by atoms with Gasteiger partial charge in [0.1, 0.15) is 6.10 Å². The number of aromatic nitrogens is 2. The zero-order valence-electron chi connectivity index (χ0n) is 9.40. The first kappa shape index (κ1) is 10.7. The fraction of sp³-hybridized carbons (Fsp3) is 0.636. The SMILES string of the molecule is F[C@H]1CNC[C@H]1Oc1ccnc(NC2CC2)n1. The molecule has 0 spiro atoms. The average molecular weight is 238 g/mol. The van der Waals surface area contributed by atoms with Gasteiger partial charge in [-0.1, -0.05) is 0 Å². The maximum Gasteiger partial charge on any atom is 0.226 e. The number of rotatable bonds is 4. The van der Waals surface area contributed by atoms with Crippen LogP contribution >= 0.6 is 0 Å². The van der Waals surface area contributed by atoms with Crippen molar-refractivity contribution in [1.29, 1.82) is 0 Å². The number of ether oxygens (including phenoxy) is 1. The van der Waals surface area contributed by atoms with Gasteiger partial charge in [-0.15, -0.1) is 0 Å². The Bertz CT molecular complexity index is 399. The molecule has 2 fully saturated rings. The molecule has 1 aliphatic heterocycles. The quantitative estimate of drug-likeness (QED) is 0.810. The van der Waals surface area contributed by atoms with E-state index in [0.717, 1.165) is 12.8 Å². The summed E-state index contributed by atoms with van der Waals surface area (Å²) in [7, 11) is 0. The second-order valence-corrected chi connectivity index (χ2v) is 4.47. The standard InChI is InChI=1S/C11H15FN4O/c12-8-5-13-6-9(8)17-10-3-4-14-11(16-10)15-7-1-2-7/h3-4,7-9,13H,1-2,5-6H2,(H,14,15,16)/t8-,9+/m0/s1. The highest BCUT2D eigenvalue weighted by Gasteiger charge is 2.29. The number of hydrogen-bond donors (Lipinski definition) is 2. The van der Waals surface area contributed by atoms with Crippen molar-refractivity contribution < 1.29 is 9.13 Å². The fourth-order valence-electron chi connectivity index (χ4n) is 1.78. The summed E-state index contributed by atoms with van der Waals surface area (Å²) in [6.07, 6.45) is 2.53. The Hall–Kier alpha value is -1.43. The lowest BCUT2D eigenvalue weighted by Gasteiger charge is -2.14. The number of nitrogens with one attached hydrogen (secondary N) is 2. The van der Waals surface area contributed by atoms with E-state index in [4.69, 9.17) is 4.74 Å². The van der Waals surface area contributed by atoms with Crippen LogP contribution in [0.5, 0.6) is 5.88 Å². The van der Waals surface area contributed by atoms with Gasteiger partial charge in [-0.3, -0.25) is 0 Å². The second kappa shape index (κ2) is 4.44. The molecule has 0 unspecified atom stereocenters. The maximum atomic E-state index is 13.3. The van der Waals surface area contributed by atoms with Gasteiger partial charge in [0.2, 0.25) is 11.8 Å². The third-order valence-electron chi connectivity index (χ3n) is 2.90. The van der Waals surface area contributed by atoms with Gasteiger partial charge in [0.15, 0.2) is 6.17 Å². The van der Waals surface area contributed by atoms with Crippen LogP contribution in [0.1, 0.15) is 12.8 Å². The number of nitrogens with zero attached hydrogens (tertiary/aromatic N) is 2. The third kappa shape index (κ3) is 2.63. The molecule has 92 valence electrons. The Labute approximate surface area is 98.8 Å². The molecule has 0 aromatic carbocycles. The Balaban J connectivity index is 1.65. The Kier molecular flexibility index (Phi) is 2.80. The zero-order chi connectivity index (χ0) is 11.7. The smallest absolute Gasteiger partial charge is 0.226 e. The highest BCUT2D eigenvalue weighted by Crippen LogP contribution is 2.23. The van der Waals surface area contributed by atoms with Gasteiger partial charge in [-0.05, 0) is 12.8 Å². The van der Waals surface area contributed by atoms with Gasteiger partial charge in [0.05, 0.1) is 0 Å². The molecule has 2 heterocycles. The first-order valence-corrected chi connectivity index (χ1v) is 5.92. The lowest BCUT2D eigenvalue weighted by Crippen LogP contribution is -2.27. The fourth-order valence-corrected chi connectivity index (χ4v) is 1.78. The number of hydrogen-bond acceptors (Lipinski definition) is 5. The highest BCUT2D eigenvalue weighted by molar-refractivity contribution is 5.30. The molecule has 1 aromatic rings. The molecule has 1 saturated carbocycles. The molecule has 1 aromatic heterocycles. The van der Waals surface area contributed by atoms with Gasteiger partial charge in [0, 0.05) is 31.4 Å². The molecule has 2 atom stereocenters. The van der Waals surface area contributed by atoms with Gasteiger partial charge in [0.25, 0.3) is 0 Å². The predicted octanol–water partition coefficient (Wildman–Crippen LogP) is 0.740. The van der Waals surface area contributed by atoms with Crippen LogP contribution in [0.15, 0.2) is 12.3 Å². The van der Waals surface area contributed by atoms with Crippen molar-refractivity contribution >= 4 is 5.95 Å². The van der Waals surface area contributed by atoms with E-state index < -0.39 is 12.3 Å². The minimum Gasteiger partial charge on any atom is -0.470 e. The third-order valence-corrected chi connectivity index (χ3v) is 2.90. The molecule has 3 rings (SSSR count). The molecule has 2 aliphatic rings. The largest absolute Gasteiger partial charge is 0.470 e. The van der Waals surface area contributed by atoms with E-state index in [-0.39, 0.29) is 0 Å². The van der Waals surface area contributed by atoms with E-state index in [9.17, 15) is 4.39 Å². The minimum atomic E-state index is -0.968. The van der Waals surface area contributed by atoms with Gasteiger partial charge in [-0.2, -0.15) is 4.98 Å². The first-order chi connectivity index (χ1) is 8.31. The summed E-state index contributed by atoms with van der Waals surface area (Å²) < 4.78 is 18.8. The predicted molar refractivity (Wildman–Crippen MR) is 60.9 cm³/mol. The van der Waals surface area contributed by atoms with Crippen molar-refractivity contribution in [1.82, 2.24) is 15.3 Å². The van der Waals surface area contributed by atoms with Crippen molar-refractivity contribution in [2.45, 2.75) is 31.2 Å². The molecule has 17 heavy (non-hydrogen) atoms. The van der Waals surface area contributed by atoms with E-state index in [0.29, 0.717) is 31.0 Å². The number of alkyl halides is 1. The summed E-state index contributed by atoms with van der Waals surface area (Å²) in [6.45, 7) is 0.874. The Morgan fingerprint density at radius 1 is 1.41 bits per heavy atom. The van der Waals surface area contributed by atoms with Gasteiger partial charge < -0.3 is 15.4 Å². The normalized spacial score (nSPS) is 28.1. The average Bonchev–Trinajstić information content (AvgIpc) is 3.04. The summed E-state index contributed by atoms with van der Waals surface area (Å²) >= 11 is 0. The molecule has 2 N–H and O–H groups in total. The van der Waals surface area contributed by atoms with Crippen molar-refractivity contribution in [2.75, 3.05) is 18.4 Å². The number of anilines is 1. The summed E-state index contributed by atoms with van der Waals surface area (Å²) in [5, 5.41) is 6.12. The van der Waals surface area contributed by atoms with Crippen LogP contribution in [-0.2, 0) is 0 Å². The molecule has 1 saturated heterocycles. The van der Waals surface area contributed by atoms with E-state index >= 15 is 0 Å². The second-order valence-electron chi connectivity index (χ2n) is 4.47. The van der Waals surface area contributed by atoms with Gasteiger partial charge in [-0.25, -0.2) is 9.37 Å². The van der Waals surface area contributed by atoms with Crippen LogP contribution in [-0.4, -0.2) is 41.4 Å². The van der Waals surface area contributed by atoms with Crippen LogP contribution in [0.3, 0.4) is 0 Å². The molecular formula is C11H15FN4O. The monoisotopic (exact) mass is 238 g/mol. The summed E-state index contributed by atoms with van der Waals surface area (Å²) in [5.74, 6) is 0.992.